The number of unbranched alkanes of at least 4 members (excludes halogenated alkanes) is 1. The summed E-state index contributed by atoms with van der Waals surface area (Å²) in [6.45, 7) is 0.686. The number of carbonyl (C=O) groups is 1. The highest BCUT2D eigenvalue weighted by atomic mass is 35.5. The first-order valence-corrected chi connectivity index (χ1v) is 9.50. The van der Waals surface area contributed by atoms with Crippen molar-refractivity contribution in [3.8, 4) is 0 Å². The number of alkyl halides is 3. The smallest absolute Gasteiger partial charge is 0.416 e. The van der Waals surface area contributed by atoms with E-state index in [-0.39, 0.29) is 18.4 Å². The summed E-state index contributed by atoms with van der Waals surface area (Å²) in [6.07, 6.45) is -2.77. The van der Waals surface area contributed by atoms with Gasteiger partial charge in [0.1, 0.15) is 11.9 Å². The predicted molar refractivity (Wildman–Crippen MR) is 104 cm³/mol. The third kappa shape index (κ3) is 5.63. The third-order valence-corrected chi connectivity index (χ3v) is 4.52. The minimum absolute atomic E-state index is 0.0586. The molecule has 0 radical (unpaired) electrons. The number of aryl methyl sites for hydroxylation is 1. The van der Waals surface area contributed by atoms with Gasteiger partial charge in [-0.3, -0.25) is 0 Å². The maximum Gasteiger partial charge on any atom is 0.416 e. The molecule has 3 rings (SSSR count). The lowest BCUT2D eigenvalue weighted by Gasteiger charge is -2.18. The fourth-order valence-corrected chi connectivity index (χ4v) is 3.05. The van der Waals surface area contributed by atoms with Crippen LogP contribution in [0.4, 0.5) is 23.8 Å². The van der Waals surface area contributed by atoms with Gasteiger partial charge in [-0.1, -0.05) is 12.1 Å². The lowest BCUT2D eigenvalue weighted by atomic mass is 10.1. The van der Waals surface area contributed by atoms with Crippen LogP contribution < -0.4 is 16.4 Å². The molecule has 1 amide bonds. The number of nitrogens with zero attached hydrogens (tertiary/aromatic N) is 3. The largest absolute Gasteiger partial charge is 0.450 e. The minimum Gasteiger partial charge on any atom is -0.450 e. The molecule has 162 valence electrons. The first-order chi connectivity index (χ1) is 14.2. The number of carbonyl (C=O) groups excluding carboxylic acids is 1. The second-order valence-corrected chi connectivity index (χ2v) is 6.92. The van der Waals surface area contributed by atoms with Crippen LogP contribution in [-0.4, -0.2) is 27.5 Å². The SMILES string of the molecule is NC1NC(Cl)=Nc2c1ncn2CCCCOC(=O)NCc1cccc(C(F)(F)F)c1. The van der Waals surface area contributed by atoms with Crippen LogP contribution in [0.15, 0.2) is 35.6 Å². The number of amides is 1. The zero-order valence-corrected chi connectivity index (χ0v) is 16.5. The Bertz CT molecular complexity index is 931. The maximum absolute atomic E-state index is 12.7. The average Bonchev–Trinajstić information content (AvgIpc) is 3.09. The van der Waals surface area contributed by atoms with Crippen LogP contribution in [0.3, 0.4) is 0 Å². The Kier molecular flexibility index (Phi) is 6.83. The van der Waals surface area contributed by atoms with E-state index in [2.05, 4.69) is 20.6 Å². The number of aromatic nitrogens is 2. The van der Waals surface area contributed by atoms with Crippen LogP contribution in [0.25, 0.3) is 0 Å². The van der Waals surface area contributed by atoms with Crippen LogP contribution in [0.2, 0.25) is 0 Å². The topological polar surface area (TPSA) is 107 Å². The van der Waals surface area contributed by atoms with Gasteiger partial charge in [0.15, 0.2) is 11.1 Å². The summed E-state index contributed by atoms with van der Waals surface area (Å²) in [5, 5.41) is 5.40. The van der Waals surface area contributed by atoms with Gasteiger partial charge in [0, 0.05) is 13.1 Å². The number of imidazole rings is 1. The van der Waals surface area contributed by atoms with E-state index in [1.54, 1.807) is 6.33 Å². The summed E-state index contributed by atoms with van der Waals surface area (Å²) < 4.78 is 45.0. The van der Waals surface area contributed by atoms with Crippen molar-refractivity contribution in [1.29, 1.82) is 0 Å². The van der Waals surface area contributed by atoms with Crippen molar-refractivity contribution in [2.45, 2.75) is 38.3 Å². The molecule has 0 saturated carbocycles. The summed E-state index contributed by atoms with van der Waals surface area (Å²) in [5.41, 5.74) is 6.06. The Morgan fingerprint density at radius 3 is 2.93 bits per heavy atom. The molecule has 4 N–H and O–H groups in total. The number of aliphatic imine (C=N–C) groups is 1. The molecular weight excluding hydrogens is 425 g/mol. The summed E-state index contributed by atoms with van der Waals surface area (Å²) in [4.78, 5) is 20.1. The Balaban J connectivity index is 1.37. The lowest BCUT2D eigenvalue weighted by Crippen LogP contribution is -2.34. The molecule has 0 saturated heterocycles. The number of ether oxygens (including phenoxy) is 1. The molecule has 0 fully saturated rings. The zero-order valence-electron chi connectivity index (χ0n) is 15.7. The molecule has 0 bridgehead atoms. The van der Waals surface area contributed by atoms with Gasteiger partial charge >= 0.3 is 12.3 Å². The highest BCUT2D eigenvalue weighted by molar-refractivity contribution is 6.65. The van der Waals surface area contributed by atoms with E-state index in [0.29, 0.717) is 36.5 Å². The second kappa shape index (κ2) is 9.35. The molecule has 1 unspecified atom stereocenters. The van der Waals surface area contributed by atoms with Crippen molar-refractivity contribution in [2.24, 2.45) is 10.7 Å². The van der Waals surface area contributed by atoms with Gasteiger partial charge in [0.2, 0.25) is 0 Å². The molecule has 30 heavy (non-hydrogen) atoms. The molecule has 8 nitrogen and oxygen atoms in total. The molecule has 0 aliphatic carbocycles. The van der Waals surface area contributed by atoms with Crippen molar-refractivity contribution >= 4 is 28.8 Å². The molecule has 1 aliphatic heterocycles. The first-order valence-electron chi connectivity index (χ1n) is 9.12. The van der Waals surface area contributed by atoms with E-state index in [9.17, 15) is 18.0 Å². The molecule has 1 aromatic carbocycles. The summed E-state index contributed by atoms with van der Waals surface area (Å²) >= 11 is 5.89. The van der Waals surface area contributed by atoms with Crippen molar-refractivity contribution in [3.63, 3.8) is 0 Å². The summed E-state index contributed by atoms with van der Waals surface area (Å²) in [6, 6.07) is 4.75. The lowest BCUT2D eigenvalue weighted by molar-refractivity contribution is -0.137. The van der Waals surface area contributed by atoms with Crippen LogP contribution in [0.5, 0.6) is 0 Å². The van der Waals surface area contributed by atoms with Crippen molar-refractivity contribution < 1.29 is 22.7 Å². The van der Waals surface area contributed by atoms with Gasteiger partial charge in [-0.2, -0.15) is 13.2 Å². The van der Waals surface area contributed by atoms with E-state index < -0.39 is 24.0 Å². The quantitative estimate of drug-likeness (QED) is 0.448. The van der Waals surface area contributed by atoms with Gasteiger partial charge in [0.05, 0.1) is 18.5 Å². The third-order valence-electron chi connectivity index (χ3n) is 4.33. The summed E-state index contributed by atoms with van der Waals surface area (Å²) in [7, 11) is 0. The standard InChI is InChI=1S/C18H20ClF3N6O2/c19-16-26-14(23)13-15(27-16)28(10-25-13)6-1-2-7-30-17(29)24-9-11-4-3-5-12(8-11)18(20,21)22/h3-5,8,10,14H,1-2,6-7,9,23H2,(H,24,29)(H,26,27). The Morgan fingerprint density at radius 2 is 2.17 bits per heavy atom. The number of nitrogens with two attached hydrogens (primary N) is 1. The van der Waals surface area contributed by atoms with Crippen LogP contribution in [-0.2, 0) is 24.0 Å². The highest BCUT2D eigenvalue weighted by Crippen LogP contribution is 2.29. The predicted octanol–water partition coefficient (Wildman–Crippen LogP) is 3.40. The Hall–Kier alpha value is -2.79. The Morgan fingerprint density at radius 1 is 1.37 bits per heavy atom. The molecule has 1 aliphatic rings. The maximum atomic E-state index is 12.7. The molecule has 12 heteroatoms. The fraction of sp³-hybridized carbons (Fsp3) is 0.389. The van der Waals surface area contributed by atoms with Crippen LogP contribution in [0.1, 0.15) is 35.8 Å². The normalized spacial score (nSPS) is 15.8. The van der Waals surface area contributed by atoms with Gasteiger partial charge in [0.25, 0.3) is 0 Å². The van der Waals surface area contributed by atoms with Crippen molar-refractivity contribution in [2.75, 3.05) is 6.61 Å². The molecule has 2 heterocycles. The van der Waals surface area contributed by atoms with Gasteiger partial charge in [-0.05, 0) is 42.1 Å². The molecule has 1 aromatic heterocycles. The molecular formula is C18H20ClF3N6O2. The monoisotopic (exact) mass is 444 g/mol. The summed E-state index contributed by atoms with van der Waals surface area (Å²) in [5.74, 6) is 0.589. The van der Waals surface area contributed by atoms with E-state index >= 15 is 0 Å². The number of hydrogen-bond acceptors (Lipinski definition) is 6. The van der Waals surface area contributed by atoms with Crippen molar-refractivity contribution in [3.05, 3.63) is 47.4 Å². The van der Waals surface area contributed by atoms with E-state index in [1.807, 2.05) is 4.57 Å². The number of benzene rings is 1. The average molecular weight is 445 g/mol. The number of halogens is 4. The number of amidine groups is 1. The van der Waals surface area contributed by atoms with E-state index in [4.69, 9.17) is 22.1 Å². The van der Waals surface area contributed by atoms with Crippen LogP contribution in [0, 0.1) is 0 Å². The number of fused-ring (bicyclic) bond motifs is 1. The zero-order chi connectivity index (χ0) is 21.7. The van der Waals surface area contributed by atoms with E-state index in [1.165, 1.54) is 12.1 Å². The fourth-order valence-electron chi connectivity index (χ4n) is 2.85. The van der Waals surface area contributed by atoms with Gasteiger partial charge in [-0.25, -0.2) is 14.8 Å². The number of nitrogens with one attached hydrogen (secondary N) is 2. The molecule has 2 aromatic rings. The first kappa shape index (κ1) is 21.9. The van der Waals surface area contributed by atoms with E-state index in [0.717, 1.165) is 12.1 Å². The highest BCUT2D eigenvalue weighted by Gasteiger charge is 2.30. The number of alkyl carbamates (subject to hydrolysis) is 1. The van der Waals surface area contributed by atoms with Crippen molar-refractivity contribution in [1.82, 2.24) is 20.2 Å². The molecule has 1 atom stereocenters. The van der Waals surface area contributed by atoms with Crippen LogP contribution >= 0.6 is 11.6 Å². The molecule has 0 spiro atoms. The second-order valence-electron chi connectivity index (χ2n) is 6.57. The Labute approximate surface area is 175 Å². The van der Waals surface area contributed by atoms with Gasteiger partial charge in [-0.15, -0.1) is 0 Å². The minimum atomic E-state index is -4.43. The number of rotatable bonds is 7. The van der Waals surface area contributed by atoms with Gasteiger partial charge < -0.3 is 25.7 Å². The number of hydrogen-bond donors (Lipinski definition) is 3.